The van der Waals surface area contributed by atoms with Crippen molar-refractivity contribution >= 4 is 6.21 Å². The molecular formula is C3H6NO. The van der Waals surface area contributed by atoms with Crippen LogP contribution in [0.15, 0.2) is 5.16 Å². The van der Waals surface area contributed by atoms with Gasteiger partial charge in [0.1, 0.15) is 0 Å². The summed E-state index contributed by atoms with van der Waals surface area (Å²) in [5, 5.41) is 3.24. The van der Waals surface area contributed by atoms with Gasteiger partial charge in [-0.2, -0.15) is 0 Å². The van der Waals surface area contributed by atoms with Crippen LogP contribution >= 0.6 is 0 Å². The van der Waals surface area contributed by atoms with E-state index in [9.17, 15) is 0 Å². The molecule has 0 unspecified atom stereocenters. The maximum Gasteiger partial charge on any atom is 0.153 e. The molecule has 0 amide bonds. The van der Waals surface area contributed by atoms with Gasteiger partial charge in [-0.15, -0.1) is 0 Å². The highest BCUT2D eigenvalue weighted by atomic mass is 16.6. The summed E-state index contributed by atoms with van der Waals surface area (Å²) in [4.78, 5) is 4.01. The van der Waals surface area contributed by atoms with Crippen molar-refractivity contribution in [2.75, 3.05) is 0 Å². The number of rotatable bonds is 1. The molecule has 0 spiro atoms. The van der Waals surface area contributed by atoms with Gasteiger partial charge in [0.05, 0.1) is 0 Å². The Morgan fingerprint density at radius 2 is 2.60 bits per heavy atom. The second-order valence-electron chi connectivity index (χ2n) is 0.493. The molecule has 0 atom stereocenters. The number of nitrogens with zero attached hydrogens (tertiary/aromatic N) is 1. The molecule has 0 saturated heterocycles. The van der Waals surface area contributed by atoms with E-state index in [1.807, 2.05) is 0 Å². The molecule has 0 N–H and O–H groups in total. The van der Waals surface area contributed by atoms with Crippen molar-refractivity contribution in [2.45, 2.75) is 6.92 Å². The first-order valence-electron chi connectivity index (χ1n) is 1.31. The van der Waals surface area contributed by atoms with Crippen LogP contribution in [0.5, 0.6) is 0 Å². The Morgan fingerprint density at radius 3 is 2.60 bits per heavy atom. The molecule has 5 heavy (non-hydrogen) atoms. The van der Waals surface area contributed by atoms with Crippen molar-refractivity contribution in [3.63, 3.8) is 0 Å². The maximum atomic E-state index is 4.01. The first-order chi connectivity index (χ1) is 2.41. The van der Waals surface area contributed by atoms with E-state index in [-0.39, 0.29) is 0 Å². The summed E-state index contributed by atoms with van der Waals surface area (Å²) < 4.78 is 0. The topological polar surface area (TPSA) is 21.6 Å². The largest absolute Gasteiger partial charge is 0.392 e. The molecule has 0 aliphatic heterocycles. The lowest BCUT2D eigenvalue weighted by molar-refractivity contribution is 0.262. The van der Waals surface area contributed by atoms with Crippen LogP contribution in [0, 0.1) is 7.11 Å². The first-order valence-corrected chi connectivity index (χ1v) is 1.31. The SMILES string of the molecule is [CH2]ON=CC. The van der Waals surface area contributed by atoms with Crippen molar-refractivity contribution in [1.82, 2.24) is 0 Å². The zero-order chi connectivity index (χ0) is 4.12. The fourth-order valence-corrected chi connectivity index (χ4v) is 0.0745. The van der Waals surface area contributed by atoms with Gasteiger partial charge >= 0.3 is 0 Å². The monoisotopic (exact) mass is 72.0 g/mol. The molecule has 29 valence electrons. The van der Waals surface area contributed by atoms with Crippen LogP contribution in [0.2, 0.25) is 0 Å². The van der Waals surface area contributed by atoms with Gasteiger partial charge < -0.3 is 4.84 Å². The molecule has 0 aromatic rings. The molecule has 1 radical (unpaired) electrons. The Morgan fingerprint density at radius 1 is 2.00 bits per heavy atom. The van der Waals surface area contributed by atoms with E-state index in [4.69, 9.17) is 0 Å². The summed E-state index contributed by atoms with van der Waals surface area (Å²) >= 11 is 0. The van der Waals surface area contributed by atoms with E-state index < -0.39 is 0 Å². The van der Waals surface area contributed by atoms with Gasteiger partial charge in [0.2, 0.25) is 0 Å². The lowest BCUT2D eigenvalue weighted by Crippen LogP contribution is -1.59. The van der Waals surface area contributed by atoms with Gasteiger partial charge in [-0.05, 0) is 6.92 Å². The Bertz CT molecular complexity index is 33.9. The van der Waals surface area contributed by atoms with Gasteiger partial charge in [0, 0.05) is 6.21 Å². The molecule has 0 aliphatic rings. The number of oxime groups is 1. The van der Waals surface area contributed by atoms with Crippen LogP contribution in [0.1, 0.15) is 6.92 Å². The molecule has 0 aromatic heterocycles. The Balaban J connectivity index is 2.62. The summed E-state index contributed by atoms with van der Waals surface area (Å²) in [6.45, 7) is 1.76. The molecule has 0 aromatic carbocycles. The molecule has 0 fully saturated rings. The minimum atomic E-state index is 1.52. The van der Waals surface area contributed by atoms with Crippen molar-refractivity contribution in [2.24, 2.45) is 5.16 Å². The van der Waals surface area contributed by atoms with E-state index in [2.05, 4.69) is 17.1 Å². The van der Waals surface area contributed by atoms with Gasteiger partial charge in [0.25, 0.3) is 0 Å². The van der Waals surface area contributed by atoms with Crippen molar-refractivity contribution in [3.05, 3.63) is 7.11 Å². The van der Waals surface area contributed by atoms with Gasteiger partial charge in [-0.25, -0.2) is 0 Å². The summed E-state index contributed by atoms with van der Waals surface area (Å²) in [7, 11) is 2.98. The third kappa shape index (κ3) is 3.47. The molecule has 2 heteroatoms. The molecule has 0 aliphatic carbocycles. The fourth-order valence-electron chi connectivity index (χ4n) is 0.0745. The van der Waals surface area contributed by atoms with E-state index in [0.717, 1.165) is 0 Å². The highest BCUT2D eigenvalue weighted by Gasteiger charge is 1.47. The first kappa shape index (κ1) is 4.47. The van der Waals surface area contributed by atoms with Crippen LogP contribution in [0.25, 0.3) is 0 Å². The second kappa shape index (κ2) is 3.47. The summed E-state index contributed by atoms with van der Waals surface area (Å²) in [5.41, 5.74) is 0. The average Bonchev–Trinajstić information content (AvgIpc) is 1.41. The Hall–Kier alpha value is -0.530. The summed E-state index contributed by atoms with van der Waals surface area (Å²) in [5.74, 6) is 0. The second-order valence-corrected chi connectivity index (χ2v) is 0.493. The normalized spacial score (nSPS) is 9.20. The van der Waals surface area contributed by atoms with E-state index in [1.54, 1.807) is 6.92 Å². The van der Waals surface area contributed by atoms with E-state index in [1.165, 1.54) is 6.21 Å². The summed E-state index contributed by atoms with van der Waals surface area (Å²) in [6, 6.07) is 0. The lowest BCUT2D eigenvalue weighted by atomic mass is 10.9. The highest BCUT2D eigenvalue weighted by Crippen LogP contribution is 1.60. The van der Waals surface area contributed by atoms with Gasteiger partial charge in [-0.3, -0.25) is 0 Å². The summed E-state index contributed by atoms with van der Waals surface area (Å²) in [6.07, 6.45) is 1.52. The predicted molar refractivity (Wildman–Crippen MR) is 20.6 cm³/mol. The van der Waals surface area contributed by atoms with Crippen molar-refractivity contribution < 1.29 is 4.84 Å². The van der Waals surface area contributed by atoms with E-state index >= 15 is 0 Å². The van der Waals surface area contributed by atoms with Crippen LogP contribution in [-0.4, -0.2) is 6.21 Å². The third-order valence-electron chi connectivity index (χ3n) is 0.180. The van der Waals surface area contributed by atoms with Gasteiger partial charge in [0.15, 0.2) is 7.11 Å². The van der Waals surface area contributed by atoms with Crippen LogP contribution in [0.3, 0.4) is 0 Å². The minimum Gasteiger partial charge on any atom is -0.392 e. The van der Waals surface area contributed by atoms with Crippen LogP contribution in [0.4, 0.5) is 0 Å². The number of hydrogen-bond acceptors (Lipinski definition) is 2. The smallest absolute Gasteiger partial charge is 0.153 e. The molecule has 0 bridgehead atoms. The van der Waals surface area contributed by atoms with Crippen molar-refractivity contribution in [1.29, 1.82) is 0 Å². The van der Waals surface area contributed by atoms with Gasteiger partial charge in [-0.1, -0.05) is 5.16 Å². The van der Waals surface area contributed by atoms with Crippen molar-refractivity contribution in [3.8, 4) is 0 Å². The van der Waals surface area contributed by atoms with E-state index in [0.29, 0.717) is 0 Å². The average molecular weight is 72.1 g/mol. The number of hydrogen-bond donors (Lipinski definition) is 0. The zero-order valence-electron chi connectivity index (χ0n) is 3.14. The molecular weight excluding hydrogens is 66.0 g/mol. The lowest BCUT2D eigenvalue weighted by Gasteiger charge is -1.74. The fraction of sp³-hybridized carbons (Fsp3) is 0.333. The standard InChI is InChI=1S/C3H6NO/c1-3-4-5-2/h3H,2H2,1H3. The minimum absolute atomic E-state index is 1.52. The third-order valence-corrected chi connectivity index (χ3v) is 0.180. The molecule has 0 saturated carbocycles. The Labute approximate surface area is 31.4 Å². The highest BCUT2D eigenvalue weighted by molar-refractivity contribution is 5.52. The zero-order valence-corrected chi connectivity index (χ0v) is 3.14. The quantitative estimate of drug-likeness (QED) is 0.331. The van der Waals surface area contributed by atoms with Crippen LogP contribution < -0.4 is 0 Å². The maximum absolute atomic E-state index is 4.01. The molecule has 0 heterocycles. The molecule has 0 rings (SSSR count). The molecule has 2 nitrogen and oxygen atoms in total. The predicted octanol–water partition coefficient (Wildman–Crippen LogP) is 0.800. The Kier molecular flexibility index (Phi) is 3.10. The van der Waals surface area contributed by atoms with Crippen LogP contribution in [-0.2, 0) is 4.84 Å².